The summed E-state index contributed by atoms with van der Waals surface area (Å²) in [5, 5.41) is 4.58. The minimum atomic E-state index is 0.870. The van der Waals surface area contributed by atoms with Gasteiger partial charge in [0.15, 0.2) is 0 Å². The molecule has 1 heteroatoms. The first-order chi connectivity index (χ1) is 23.4. The van der Waals surface area contributed by atoms with Crippen LogP contribution < -0.4 is 5.32 Å². The molecule has 8 unspecified atom stereocenters. The monoisotopic (exact) mass is 648 g/mol. The minimum Gasteiger partial charge on any atom is -0.311 e. The molecule has 1 N–H and O–H groups in total. The van der Waals surface area contributed by atoms with E-state index in [2.05, 4.69) is 5.32 Å². The second-order valence-electron chi connectivity index (χ2n) is 19.3. The molecule has 8 atom stereocenters. The van der Waals surface area contributed by atoms with Crippen LogP contribution in [0.15, 0.2) is 0 Å². The highest BCUT2D eigenvalue weighted by molar-refractivity contribution is 5.15. The molecule has 0 radical (unpaired) electrons. The standard InChI is InChI=1S/C46H81N/c1-2-9-17-25-35(24-16-8-1)42(36-26-18-14-7-15-19-27-36)39-32-33-40-45-43(37-28-20-10-3-4-11-21-29-37)44(46(45)41(34-39)47-40)38-30-22-12-5-6-13-23-31-38/h35-47H,1-34H2. The molecule has 2 saturated heterocycles. The van der Waals surface area contributed by atoms with Crippen LogP contribution >= 0.6 is 0 Å². The highest BCUT2D eigenvalue weighted by Crippen LogP contribution is 2.64. The molecule has 0 aromatic heterocycles. The van der Waals surface area contributed by atoms with Gasteiger partial charge in [0, 0.05) is 12.1 Å². The van der Waals surface area contributed by atoms with Crippen molar-refractivity contribution in [2.45, 2.75) is 230 Å². The Morgan fingerprint density at radius 2 is 0.617 bits per heavy atom. The summed E-state index contributed by atoms with van der Waals surface area (Å²) in [7, 11) is 0. The first kappa shape index (κ1) is 35.4. The zero-order valence-corrected chi connectivity index (χ0v) is 31.5. The van der Waals surface area contributed by atoms with E-state index in [1.165, 1.54) is 96.3 Å². The summed E-state index contributed by atoms with van der Waals surface area (Å²) in [5.74, 6) is 10.6. The summed E-state index contributed by atoms with van der Waals surface area (Å²) >= 11 is 0. The van der Waals surface area contributed by atoms with E-state index in [1.54, 1.807) is 122 Å². The summed E-state index contributed by atoms with van der Waals surface area (Å²) in [6, 6.07) is 1.74. The molecule has 1 nitrogen and oxygen atoms in total. The third-order valence-electron chi connectivity index (χ3n) is 16.6. The van der Waals surface area contributed by atoms with Gasteiger partial charge in [0.2, 0.25) is 0 Å². The molecule has 2 bridgehead atoms. The van der Waals surface area contributed by atoms with Crippen molar-refractivity contribution in [2.75, 3.05) is 0 Å². The lowest BCUT2D eigenvalue weighted by Gasteiger charge is -2.59. The second-order valence-corrected chi connectivity index (χ2v) is 19.3. The summed E-state index contributed by atoms with van der Waals surface area (Å²) in [5.41, 5.74) is 0. The molecular formula is C46H81N. The van der Waals surface area contributed by atoms with Crippen LogP contribution in [0.1, 0.15) is 218 Å². The van der Waals surface area contributed by atoms with Crippen LogP contribution in [-0.4, -0.2) is 12.1 Å². The van der Waals surface area contributed by atoms with Gasteiger partial charge in [0.05, 0.1) is 0 Å². The van der Waals surface area contributed by atoms with Gasteiger partial charge in [-0.05, 0) is 78.4 Å². The lowest BCUT2D eigenvalue weighted by atomic mass is 9.45. The van der Waals surface area contributed by atoms with Gasteiger partial charge < -0.3 is 5.32 Å². The maximum Gasteiger partial charge on any atom is 0.0107 e. The Kier molecular flexibility index (Phi) is 13.9. The van der Waals surface area contributed by atoms with Gasteiger partial charge in [-0.25, -0.2) is 0 Å². The van der Waals surface area contributed by atoms with Crippen LogP contribution in [0, 0.1) is 59.2 Å². The average molecular weight is 648 g/mol. The normalized spacial score (nSPS) is 39.7. The van der Waals surface area contributed by atoms with Crippen molar-refractivity contribution in [3.8, 4) is 0 Å². The van der Waals surface area contributed by atoms with Crippen LogP contribution in [-0.2, 0) is 0 Å². The predicted octanol–water partition coefficient (Wildman–Crippen LogP) is 13.8. The quantitative estimate of drug-likeness (QED) is 0.313. The number of rotatable bonds is 5. The van der Waals surface area contributed by atoms with E-state index in [4.69, 9.17) is 0 Å². The lowest BCUT2D eigenvalue weighted by Crippen LogP contribution is -2.57. The molecule has 2 aliphatic heterocycles. The molecule has 5 aliphatic carbocycles. The van der Waals surface area contributed by atoms with Gasteiger partial charge in [-0.2, -0.15) is 0 Å². The summed E-state index contributed by atoms with van der Waals surface area (Å²) < 4.78 is 0. The fraction of sp³-hybridized carbons (Fsp3) is 1.00. The molecule has 0 spiro atoms. The highest BCUT2D eigenvalue weighted by Gasteiger charge is 2.64. The molecule has 5 saturated carbocycles. The van der Waals surface area contributed by atoms with Crippen LogP contribution in [0.5, 0.6) is 0 Å². The van der Waals surface area contributed by atoms with Crippen LogP contribution in [0.3, 0.4) is 0 Å². The van der Waals surface area contributed by atoms with E-state index in [0.717, 1.165) is 71.3 Å². The maximum absolute atomic E-state index is 4.58. The zero-order valence-electron chi connectivity index (χ0n) is 31.5. The highest BCUT2D eigenvalue weighted by atomic mass is 15.1. The van der Waals surface area contributed by atoms with Crippen molar-refractivity contribution >= 4 is 0 Å². The van der Waals surface area contributed by atoms with Gasteiger partial charge in [0.1, 0.15) is 0 Å². The Balaban J connectivity index is 1.14. The summed E-state index contributed by atoms with van der Waals surface area (Å²) in [6.45, 7) is 0. The second kappa shape index (κ2) is 18.5. The van der Waals surface area contributed by atoms with Crippen molar-refractivity contribution < 1.29 is 0 Å². The van der Waals surface area contributed by atoms with E-state index in [0.29, 0.717) is 0 Å². The van der Waals surface area contributed by atoms with E-state index in [1.807, 2.05) is 0 Å². The van der Waals surface area contributed by atoms with E-state index >= 15 is 0 Å². The predicted molar refractivity (Wildman–Crippen MR) is 203 cm³/mol. The average Bonchev–Trinajstić information content (AvgIpc) is 3.42. The Hall–Kier alpha value is -0.0400. The molecule has 0 aromatic rings. The first-order valence-corrected chi connectivity index (χ1v) is 23.1. The minimum absolute atomic E-state index is 0.870. The Morgan fingerprint density at radius 1 is 0.277 bits per heavy atom. The molecule has 7 aliphatic rings. The number of nitrogens with one attached hydrogen (secondary N) is 1. The van der Waals surface area contributed by atoms with E-state index in [9.17, 15) is 0 Å². The van der Waals surface area contributed by atoms with Crippen molar-refractivity contribution in [1.29, 1.82) is 0 Å². The van der Waals surface area contributed by atoms with Gasteiger partial charge in [-0.1, -0.05) is 199 Å². The molecule has 7 rings (SSSR count). The topological polar surface area (TPSA) is 12.0 Å². The third kappa shape index (κ3) is 8.89. The zero-order chi connectivity index (χ0) is 31.7. The molecule has 47 heavy (non-hydrogen) atoms. The number of hydrogen-bond donors (Lipinski definition) is 1. The van der Waals surface area contributed by atoms with Gasteiger partial charge >= 0.3 is 0 Å². The Morgan fingerprint density at radius 3 is 1.02 bits per heavy atom. The molecule has 7 fully saturated rings. The Bertz CT molecular complexity index is 842. The van der Waals surface area contributed by atoms with Gasteiger partial charge in [-0.15, -0.1) is 0 Å². The van der Waals surface area contributed by atoms with Gasteiger partial charge in [0.25, 0.3) is 0 Å². The van der Waals surface area contributed by atoms with Crippen molar-refractivity contribution in [2.24, 2.45) is 59.2 Å². The molecule has 0 aromatic carbocycles. The molecule has 270 valence electrons. The number of hydrogen-bond acceptors (Lipinski definition) is 1. The Labute approximate surface area is 294 Å². The van der Waals surface area contributed by atoms with Crippen LogP contribution in [0.2, 0.25) is 0 Å². The fourth-order valence-corrected chi connectivity index (χ4v) is 14.6. The van der Waals surface area contributed by atoms with Crippen LogP contribution in [0.25, 0.3) is 0 Å². The van der Waals surface area contributed by atoms with Crippen molar-refractivity contribution in [3.05, 3.63) is 0 Å². The molecular weight excluding hydrogens is 567 g/mol. The first-order valence-electron chi connectivity index (χ1n) is 23.1. The van der Waals surface area contributed by atoms with E-state index < -0.39 is 0 Å². The van der Waals surface area contributed by atoms with E-state index in [-0.39, 0.29) is 0 Å². The SMILES string of the molecule is C1CCCCC(C(C2CCCCCCC2)C2CCC3NC(C2)C2C(C4CCCCCCCC4)C(C4CCCCCCCC4)C32)CCC1. The van der Waals surface area contributed by atoms with Crippen LogP contribution in [0.4, 0.5) is 0 Å². The molecule has 0 amide bonds. The maximum atomic E-state index is 4.58. The number of fused-ring (bicyclic) bond motifs is 5. The third-order valence-corrected chi connectivity index (χ3v) is 16.6. The van der Waals surface area contributed by atoms with Crippen molar-refractivity contribution in [3.63, 3.8) is 0 Å². The largest absolute Gasteiger partial charge is 0.311 e. The summed E-state index contributed by atoms with van der Waals surface area (Å²) in [6.07, 6.45) is 52.6. The fourth-order valence-electron chi connectivity index (χ4n) is 14.6. The molecule has 2 heterocycles. The smallest absolute Gasteiger partial charge is 0.0107 e. The van der Waals surface area contributed by atoms with Crippen molar-refractivity contribution in [1.82, 2.24) is 5.32 Å². The summed E-state index contributed by atoms with van der Waals surface area (Å²) in [4.78, 5) is 0. The lowest BCUT2D eigenvalue weighted by molar-refractivity contribution is -0.103. The van der Waals surface area contributed by atoms with Gasteiger partial charge in [-0.3, -0.25) is 0 Å².